The van der Waals surface area contributed by atoms with Crippen LogP contribution in [0, 0.1) is 23.1 Å². The van der Waals surface area contributed by atoms with E-state index in [1.54, 1.807) is 12.1 Å². The van der Waals surface area contributed by atoms with Crippen molar-refractivity contribution < 1.29 is 4.39 Å². The van der Waals surface area contributed by atoms with E-state index < -0.39 is 5.82 Å². The molecule has 1 aromatic rings. The Kier molecular flexibility index (Phi) is 7.35. The number of benzene rings is 1. The predicted molar refractivity (Wildman–Crippen MR) is 84.4 cm³/mol. The van der Waals surface area contributed by atoms with Crippen LogP contribution in [0.2, 0.25) is 0 Å². The van der Waals surface area contributed by atoms with Crippen molar-refractivity contribution >= 4 is 0 Å². The topological polar surface area (TPSA) is 39.1 Å². The Morgan fingerprint density at radius 1 is 1.29 bits per heavy atom. The summed E-state index contributed by atoms with van der Waals surface area (Å²) in [6.07, 6.45) is 2.33. The largest absolute Gasteiger partial charge is 0.311 e. The molecule has 1 N–H and O–H groups in total. The Bertz CT molecular complexity index is 475. The van der Waals surface area contributed by atoms with Crippen LogP contribution >= 0.6 is 0 Å². The zero-order valence-corrected chi connectivity index (χ0v) is 13.5. The molecule has 1 aromatic carbocycles. The van der Waals surface area contributed by atoms with E-state index in [0.29, 0.717) is 18.5 Å². The van der Waals surface area contributed by atoms with Gasteiger partial charge in [-0.2, -0.15) is 5.26 Å². The van der Waals surface area contributed by atoms with Gasteiger partial charge < -0.3 is 10.2 Å². The second-order valence-corrected chi connectivity index (χ2v) is 5.66. The average Bonchev–Trinajstić information content (AvgIpc) is 2.48. The SMILES string of the molecule is CCC(CC)C(CNCc1ccc(F)c(C#N)c1)N(C)C. The summed E-state index contributed by atoms with van der Waals surface area (Å²) in [6.45, 7) is 5.99. The molecule has 21 heavy (non-hydrogen) atoms. The standard InChI is InChI=1S/C17H26FN3/c1-5-14(6-2)17(21(3)4)12-20-11-13-7-8-16(18)15(9-13)10-19/h7-9,14,17,20H,5-6,11-12H2,1-4H3. The fourth-order valence-electron chi connectivity index (χ4n) is 2.74. The Morgan fingerprint density at radius 2 is 1.95 bits per heavy atom. The number of hydrogen-bond acceptors (Lipinski definition) is 3. The Labute approximate surface area is 127 Å². The van der Waals surface area contributed by atoms with Gasteiger partial charge in [0.15, 0.2) is 0 Å². The molecular formula is C17H26FN3. The first kappa shape index (κ1) is 17.6. The van der Waals surface area contributed by atoms with Crippen molar-refractivity contribution in [3.8, 4) is 6.07 Å². The summed E-state index contributed by atoms with van der Waals surface area (Å²) in [5, 5.41) is 12.3. The highest BCUT2D eigenvalue weighted by atomic mass is 19.1. The smallest absolute Gasteiger partial charge is 0.140 e. The fourth-order valence-corrected chi connectivity index (χ4v) is 2.74. The lowest BCUT2D eigenvalue weighted by atomic mass is 9.93. The van der Waals surface area contributed by atoms with Gasteiger partial charge in [0.2, 0.25) is 0 Å². The average molecular weight is 291 g/mol. The third-order valence-corrected chi connectivity index (χ3v) is 4.09. The maximum atomic E-state index is 13.3. The lowest BCUT2D eigenvalue weighted by Crippen LogP contribution is -2.42. The lowest BCUT2D eigenvalue weighted by molar-refractivity contribution is 0.194. The molecule has 116 valence electrons. The summed E-state index contributed by atoms with van der Waals surface area (Å²) < 4.78 is 13.3. The van der Waals surface area contributed by atoms with Gasteiger partial charge in [0.25, 0.3) is 0 Å². The summed E-state index contributed by atoms with van der Waals surface area (Å²) >= 11 is 0. The van der Waals surface area contributed by atoms with E-state index in [9.17, 15) is 4.39 Å². The molecule has 0 saturated carbocycles. The van der Waals surface area contributed by atoms with Crippen LogP contribution in [-0.4, -0.2) is 31.6 Å². The molecule has 0 radical (unpaired) electrons. The minimum Gasteiger partial charge on any atom is -0.311 e. The third kappa shape index (κ3) is 5.11. The van der Waals surface area contributed by atoms with Crippen LogP contribution in [0.25, 0.3) is 0 Å². The third-order valence-electron chi connectivity index (χ3n) is 4.09. The molecule has 1 atom stereocenters. The van der Waals surface area contributed by atoms with Crippen molar-refractivity contribution in [1.82, 2.24) is 10.2 Å². The normalized spacial score (nSPS) is 12.7. The molecule has 0 bridgehead atoms. The molecule has 0 aliphatic rings. The van der Waals surface area contributed by atoms with Gasteiger partial charge in [-0.05, 0) is 37.7 Å². The molecule has 0 amide bonds. The number of hydrogen-bond donors (Lipinski definition) is 1. The molecule has 1 rings (SSSR count). The molecule has 0 aliphatic carbocycles. The molecule has 1 unspecified atom stereocenters. The number of halogens is 1. The molecule has 0 saturated heterocycles. The maximum absolute atomic E-state index is 13.3. The maximum Gasteiger partial charge on any atom is 0.140 e. The summed E-state index contributed by atoms with van der Waals surface area (Å²) in [4.78, 5) is 2.26. The van der Waals surface area contributed by atoms with Gasteiger partial charge >= 0.3 is 0 Å². The molecule has 0 aromatic heterocycles. The molecule has 0 spiro atoms. The molecule has 0 heterocycles. The van der Waals surface area contributed by atoms with E-state index in [-0.39, 0.29) is 5.56 Å². The van der Waals surface area contributed by atoms with E-state index in [1.165, 1.54) is 6.07 Å². The zero-order valence-electron chi connectivity index (χ0n) is 13.5. The second kappa shape index (κ2) is 8.76. The van der Waals surface area contributed by atoms with Gasteiger partial charge in [-0.25, -0.2) is 4.39 Å². The first-order chi connectivity index (χ1) is 10.0. The number of likely N-dealkylation sites (N-methyl/N-ethyl adjacent to an activating group) is 1. The number of nitrogens with zero attached hydrogens (tertiary/aromatic N) is 2. The lowest BCUT2D eigenvalue weighted by Gasteiger charge is -2.31. The van der Waals surface area contributed by atoms with Gasteiger partial charge in [-0.15, -0.1) is 0 Å². The summed E-state index contributed by atoms with van der Waals surface area (Å²) in [5.74, 6) is 0.208. The van der Waals surface area contributed by atoms with Crippen LogP contribution in [0.4, 0.5) is 4.39 Å². The first-order valence-corrected chi connectivity index (χ1v) is 7.59. The monoisotopic (exact) mass is 291 g/mol. The summed E-state index contributed by atoms with van der Waals surface area (Å²) in [5.41, 5.74) is 1.05. The molecular weight excluding hydrogens is 265 g/mol. The van der Waals surface area contributed by atoms with Crippen molar-refractivity contribution in [3.63, 3.8) is 0 Å². The van der Waals surface area contributed by atoms with Gasteiger partial charge in [-0.1, -0.05) is 32.8 Å². The van der Waals surface area contributed by atoms with E-state index in [0.717, 1.165) is 24.9 Å². The van der Waals surface area contributed by atoms with Crippen LogP contribution in [0.5, 0.6) is 0 Å². The molecule has 0 fully saturated rings. The molecule has 0 aliphatic heterocycles. The summed E-state index contributed by atoms with van der Waals surface area (Å²) in [6, 6.07) is 7.06. The van der Waals surface area contributed by atoms with Crippen LogP contribution in [0.3, 0.4) is 0 Å². The Balaban J connectivity index is 2.60. The number of rotatable bonds is 8. The highest BCUT2D eigenvalue weighted by molar-refractivity contribution is 5.34. The molecule has 3 nitrogen and oxygen atoms in total. The second-order valence-electron chi connectivity index (χ2n) is 5.66. The number of nitrogens with one attached hydrogen (secondary N) is 1. The van der Waals surface area contributed by atoms with E-state index in [1.807, 2.05) is 6.07 Å². The highest BCUT2D eigenvalue weighted by Crippen LogP contribution is 2.16. The zero-order chi connectivity index (χ0) is 15.8. The summed E-state index contributed by atoms with van der Waals surface area (Å²) in [7, 11) is 4.21. The minimum atomic E-state index is -0.454. The number of nitriles is 1. The van der Waals surface area contributed by atoms with E-state index >= 15 is 0 Å². The van der Waals surface area contributed by atoms with E-state index in [2.05, 4.69) is 38.2 Å². The predicted octanol–water partition coefficient (Wildman–Crippen LogP) is 3.15. The fraction of sp³-hybridized carbons (Fsp3) is 0.588. The van der Waals surface area contributed by atoms with Crippen LogP contribution in [0.15, 0.2) is 18.2 Å². The van der Waals surface area contributed by atoms with Crippen LogP contribution in [-0.2, 0) is 6.54 Å². The van der Waals surface area contributed by atoms with Crippen molar-refractivity contribution in [2.75, 3.05) is 20.6 Å². The van der Waals surface area contributed by atoms with Gasteiger partial charge in [-0.3, -0.25) is 0 Å². The van der Waals surface area contributed by atoms with Gasteiger partial charge in [0.05, 0.1) is 5.56 Å². The van der Waals surface area contributed by atoms with Crippen molar-refractivity contribution in [3.05, 3.63) is 35.1 Å². The molecule has 4 heteroatoms. The van der Waals surface area contributed by atoms with E-state index in [4.69, 9.17) is 5.26 Å². The quantitative estimate of drug-likeness (QED) is 0.799. The minimum absolute atomic E-state index is 0.110. The van der Waals surface area contributed by atoms with Gasteiger partial charge in [0, 0.05) is 19.1 Å². The van der Waals surface area contributed by atoms with Gasteiger partial charge in [0.1, 0.15) is 11.9 Å². The van der Waals surface area contributed by atoms with Crippen molar-refractivity contribution in [1.29, 1.82) is 5.26 Å². The Hall–Kier alpha value is -1.44. The van der Waals surface area contributed by atoms with Crippen molar-refractivity contribution in [2.45, 2.75) is 39.3 Å². The van der Waals surface area contributed by atoms with Crippen LogP contribution < -0.4 is 5.32 Å². The van der Waals surface area contributed by atoms with Crippen molar-refractivity contribution in [2.24, 2.45) is 5.92 Å². The Morgan fingerprint density at radius 3 is 2.48 bits per heavy atom. The first-order valence-electron chi connectivity index (χ1n) is 7.59. The highest BCUT2D eigenvalue weighted by Gasteiger charge is 2.19. The van der Waals surface area contributed by atoms with Crippen LogP contribution in [0.1, 0.15) is 37.8 Å².